The smallest absolute Gasteiger partial charge is 0.338 e. The van der Waals surface area contributed by atoms with Gasteiger partial charge in [0.2, 0.25) is 0 Å². The lowest BCUT2D eigenvalue weighted by atomic mass is 10.1. The van der Waals surface area contributed by atoms with Gasteiger partial charge in [-0.2, -0.15) is 0 Å². The Morgan fingerprint density at radius 2 is 1.96 bits per heavy atom. The second-order valence-corrected chi connectivity index (χ2v) is 6.17. The first kappa shape index (κ1) is 16.5. The highest BCUT2D eigenvalue weighted by molar-refractivity contribution is 7.80. The minimum atomic E-state index is -0.311. The quantitative estimate of drug-likeness (QED) is 0.675. The second-order valence-electron chi connectivity index (χ2n) is 5.78. The molecule has 124 valence electrons. The molecule has 1 unspecified atom stereocenters. The number of anilines is 2. The van der Waals surface area contributed by atoms with Crippen molar-refractivity contribution in [1.29, 1.82) is 0 Å². The van der Waals surface area contributed by atoms with Crippen molar-refractivity contribution in [2.75, 3.05) is 16.8 Å². The molecule has 0 aromatic heterocycles. The van der Waals surface area contributed by atoms with Gasteiger partial charge in [0.25, 0.3) is 0 Å². The third kappa shape index (κ3) is 3.26. The number of rotatable bonds is 3. The summed E-state index contributed by atoms with van der Waals surface area (Å²) in [7, 11) is 0. The maximum Gasteiger partial charge on any atom is 0.338 e. The fourth-order valence-electron chi connectivity index (χ4n) is 2.96. The molecule has 3 rings (SSSR count). The number of ether oxygens (including phenoxy) is 1. The molecule has 1 heterocycles. The number of benzene rings is 2. The lowest BCUT2D eigenvalue weighted by Crippen LogP contribution is -2.38. The van der Waals surface area contributed by atoms with Gasteiger partial charge in [0, 0.05) is 17.4 Å². The highest BCUT2D eigenvalue weighted by Gasteiger charge is 2.28. The summed E-state index contributed by atoms with van der Waals surface area (Å²) in [5, 5.41) is 3.92. The van der Waals surface area contributed by atoms with Gasteiger partial charge in [0.1, 0.15) is 0 Å². The van der Waals surface area contributed by atoms with Crippen LogP contribution in [0, 0.1) is 0 Å². The minimum Gasteiger partial charge on any atom is -0.462 e. The predicted octanol–water partition coefficient (Wildman–Crippen LogP) is 4.01. The molecule has 0 fully saturated rings. The van der Waals surface area contributed by atoms with Gasteiger partial charge in [-0.05, 0) is 68.4 Å². The average molecular weight is 340 g/mol. The Morgan fingerprint density at radius 3 is 2.67 bits per heavy atom. The van der Waals surface area contributed by atoms with Gasteiger partial charge in [0.15, 0.2) is 5.11 Å². The fraction of sp³-hybridized carbons (Fsp3) is 0.263. The van der Waals surface area contributed by atoms with Crippen LogP contribution in [0.5, 0.6) is 0 Å². The molecule has 2 aromatic carbocycles. The van der Waals surface area contributed by atoms with E-state index in [0.717, 1.165) is 17.8 Å². The summed E-state index contributed by atoms with van der Waals surface area (Å²) in [6.45, 7) is 4.33. The molecule has 1 atom stereocenters. The first-order valence-electron chi connectivity index (χ1n) is 8.05. The van der Waals surface area contributed by atoms with Crippen LogP contribution in [0.25, 0.3) is 0 Å². The molecule has 4 nitrogen and oxygen atoms in total. The molecular formula is C19H20N2O2S. The number of nitrogens with zero attached hydrogens (tertiary/aromatic N) is 1. The van der Waals surface area contributed by atoms with Crippen molar-refractivity contribution in [3.63, 3.8) is 0 Å². The molecular weight excluding hydrogens is 320 g/mol. The zero-order valence-corrected chi connectivity index (χ0v) is 14.6. The summed E-state index contributed by atoms with van der Waals surface area (Å²) in [6.07, 6.45) is 0.986. The average Bonchev–Trinajstić information content (AvgIpc) is 2.91. The maximum atomic E-state index is 11.7. The normalized spacial score (nSPS) is 15.8. The van der Waals surface area contributed by atoms with Gasteiger partial charge < -0.3 is 15.0 Å². The molecule has 0 saturated heterocycles. The monoisotopic (exact) mass is 340 g/mol. The lowest BCUT2D eigenvalue weighted by Gasteiger charge is -2.26. The molecule has 0 aliphatic carbocycles. The number of esters is 1. The van der Waals surface area contributed by atoms with E-state index in [2.05, 4.69) is 35.3 Å². The van der Waals surface area contributed by atoms with Gasteiger partial charge in [-0.15, -0.1) is 0 Å². The standard InChI is InChI=1S/C19H20N2O2S/c1-3-23-18(22)14-8-10-16(11-9-14)20-19(24)21-13(2)12-15-6-4-5-7-17(15)21/h4-11,13H,3,12H2,1-2H3,(H,20,24). The molecule has 0 amide bonds. The number of carbonyl (C=O) groups is 1. The van der Waals surface area contributed by atoms with Crippen LogP contribution in [0.15, 0.2) is 48.5 Å². The van der Waals surface area contributed by atoms with E-state index in [0.29, 0.717) is 23.3 Å². The summed E-state index contributed by atoms with van der Waals surface area (Å²) in [5.74, 6) is -0.311. The van der Waals surface area contributed by atoms with Crippen LogP contribution in [0.1, 0.15) is 29.8 Å². The van der Waals surface area contributed by atoms with E-state index < -0.39 is 0 Å². The molecule has 2 aromatic rings. The minimum absolute atomic E-state index is 0.311. The predicted molar refractivity (Wildman–Crippen MR) is 101 cm³/mol. The van der Waals surface area contributed by atoms with E-state index in [1.807, 2.05) is 18.2 Å². The van der Waals surface area contributed by atoms with E-state index >= 15 is 0 Å². The van der Waals surface area contributed by atoms with Crippen molar-refractivity contribution in [2.45, 2.75) is 26.3 Å². The summed E-state index contributed by atoms with van der Waals surface area (Å²) >= 11 is 5.60. The lowest BCUT2D eigenvalue weighted by molar-refractivity contribution is 0.0526. The Labute approximate surface area is 147 Å². The van der Waals surface area contributed by atoms with E-state index in [1.54, 1.807) is 19.1 Å². The van der Waals surface area contributed by atoms with E-state index in [9.17, 15) is 4.79 Å². The van der Waals surface area contributed by atoms with Crippen LogP contribution in [0.3, 0.4) is 0 Å². The van der Waals surface area contributed by atoms with Crippen LogP contribution in [0.4, 0.5) is 11.4 Å². The van der Waals surface area contributed by atoms with Crippen LogP contribution < -0.4 is 10.2 Å². The largest absolute Gasteiger partial charge is 0.462 e. The molecule has 1 aliphatic heterocycles. The van der Waals surface area contributed by atoms with Crippen LogP contribution >= 0.6 is 12.2 Å². The van der Waals surface area contributed by atoms with Crippen LogP contribution in [-0.2, 0) is 11.2 Å². The molecule has 0 spiro atoms. The number of nitrogens with one attached hydrogen (secondary N) is 1. The topological polar surface area (TPSA) is 41.6 Å². The van der Waals surface area contributed by atoms with Crippen LogP contribution in [-0.4, -0.2) is 23.7 Å². The molecule has 0 saturated carbocycles. The molecule has 0 bridgehead atoms. The highest BCUT2D eigenvalue weighted by Crippen LogP contribution is 2.32. The van der Waals surface area contributed by atoms with Crippen molar-refractivity contribution in [2.24, 2.45) is 0 Å². The van der Waals surface area contributed by atoms with Crippen molar-refractivity contribution < 1.29 is 9.53 Å². The number of para-hydroxylation sites is 1. The molecule has 0 radical (unpaired) electrons. The number of thiocarbonyl (C=S) groups is 1. The highest BCUT2D eigenvalue weighted by atomic mass is 32.1. The van der Waals surface area contributed by atoms with Gasteiger partial charge in [-0.3, -0.25) is 0 Å². The summed E-state index contributed by atoms with van der Waals surface area (Å²) in [6, 6.07) is 15.8. The zero-order valence-electron chi connectivity index (χ0n) is 13.8. The van der Waals surface area contributed by atoms with E-state index in [1.165, 1.54) is 5.56 Å². The number of carbonyl (C=O) groups excluding carboxylic acids is 1. The van der Waals surface area contributed by atoms with Crippen molar-refractivity contribution in [3.8, 4) is 0 Å². The van der Waals surface area contributed by atoms with Crippen LogP contribution in [0.2, 0.25) is 0 Å². The molecule has 5 heteroatoms. The summed E-state index contributed by atoms with van der Waals surface area (Å²) in [4.78, 5) is 13.8. The number of hydrogen-bond donors (Lipinski definition) is 1. The number of hydrogen-bond acceptors (Lipinski definition) is 3. The Hall–Kier alpha value is -2.40. The van der Waals surface area contributed by atoms with Gasteiger partial charge >= 0.3 is 5.97 Å². The fourth-order valence-corrected chi connectivity index (χ4v) is 3.36. The van der Waals surface area contributed by atoms with Gasteiger partial charge in [-0.1, -0.05) is 18.2 Å². The molecule has 1 aliphatic rings. The Kier molecular flexibility index (Phi) is 4.81. The zero-order chi connectivity index (χ0) is 17.1. The molecule has 1 N–H and O–H groups in total. The van der Waals surface area contributed by atoms with Gasteiger partial charge in [-0.25, -0.2) is 4.79 Å². The SMILES string of the molecule is CCOC(=O)c1ccc(NC(=S)N2c3ccccc3CC2C)cc1. The first-order valence-corrected chi connectivity index (χ1v) is 8.46. The van der Waals surface area contributed by atoms with E-state index in [-0.39, 0.29) is 5.97 Å². The first-order chi connectivity index (χ1) is 11.6. The summed E-state index contributed by atoms with van der Waals surface area (Å²) in [5.41, 5.74) is 3.86. The van der Waals surface area contributed by atoms with Crippen molar-refractivity contribution in [3.05, 3.63) is 59.7 Å². The third-order valence-corrected chi connectivity index (χ3v) is 4.37. The van der Waals surface area contributed by atoms with Gasteiger partial charge in [0.05, 0.1) is 12.2 Å². The molecule has 24 heavy (non-hydrogen) atoms. The maximum absolute atomic E-state index is 11.7. The van der Waals surface area contributed by atoms with Crippen molar-refractivity contribution >= 4 is 34.7 Å². The summed E-state index contributed by atoms with van der Waals surface area (Å²) < 4.78 is 4.99. The third-order valence-electron chi connectivity index (χ3n) is 4.07. The Balaban J connectivity index is 1.72. The van der Waals surface area contributed by atoms with Crippen molar-refractivity contribution in [1.82, 2.24) is 0 Å². The number of fused-ring (bicyclic) bond motifs is 1. The van der Waals surface area contributed by atoms with E-state index in [4.69, 9.17) is 17.0 Å². The second kappa shape index (κ2) is 7.01. The Bertz CT molecular complexity index is 758. The Morgan fingerprint density at radius 1 is 1.25 bits per heavy atom.